The minimum atomic E-state index is -0.591. The monoisotopic (exact) mass is 296 g/mol. The van der Waals surface area contributed by atoms with Gasteiger partial charge in [0.2, 0.25) is 0 Å². The van der Waals surface area contributed by atoms with Crippen LogP contribution >= 0.6 is 0 Å². The topological polar surface area (TPSA) is 88.2 Å². The van der Waals surface area contributed by atoms with Crippen molar-refractivity contribution < 1.29 is 19.7 Å². The largest absolute Gasteiger partial charge is 0.491 e. The number of morpholine rings is 1. The van der Waals surface area contributed by atoms with Crippen LogP contribution in [0.2, 0.25) is 0 Å². The number of aliphatic hydroxyl groups is 2. The molecule has 0 saturated carbocycles. The summed E-state index contributed by atoms with van der Waals surface area (Å²) in [6.07, 6.45) is -0.715. The Hall–Kier alpha value is -1.34. The second-order valence-electron chi connectivity index (χ2n) is 5.50. The number of hydrogen-bond donors (Lipinski definition) is 3. The molecule has 6 heteroatoms. The molecular weight excluding hydrogens is 272 g/mol. The van der Waals surface area contributed by atoms with Crippen LogP contribution in [0.5, 0.6) is 5.75 Å². The zero-order valence-corrected chi connectivity index (χ0v) is 12.3. The summed E-state index contributed by atoms with van der Waals surface area (Å²) in [7, 11) is 0. The highest BCUT2D eigenvalue weighted by atomic mass is 16.5. The van der Waals surface area contributed by atoms with E-state index in [1.54, 1.807) is 24.3 Å². The molecule has 1 aliphatic rings. The van der Waals surface area contributed by atoms with Gasteiger partial charge in [-0.3, -0.25) is 4.90 Å². The molecule has 1 saturated heterocycles. The predicted molar refractivity (Wildman–Crippen MR) is 80.2 cm³/mol. The average molecular weight is 296 g/mol. The van der Waals surface area contributed by atoms with Crippen LogP contribution < -0.4 is 10.5 Å². The van der Waals surface area contributed by atoms with Crippen LogP contribution in [0.15, 0.2) is 24.3 Å². The van der Waals surface area contributed by atoms with Crippen LogP contribution in [0.1, 0.15) is 6.92 Å². The molecule has 1 aliphatic heterocycles. The number of aliphatic hydroxyl groups excluding tert-OH is 2. The Bertz CT molecular complexity index is 426. The first kappa shape index (κ1) is 16.0. The summed E-state index contributed by atoms with van der Waals surface area (Å²) in [4.78, 5) is 2.09. The van der Waals surface area contributed by atoms with Crippen molar-refractivity contribution in [2.75, 3.05) is 38.6 Å². The highest BCUT2D eigenvalue weighted by Gasteiger charge is 2.26. The molecule has 118 valence electrons. The number of anilines is 1. The van der Waals surface area contributed by atoms with Crippen molar-refractivity contribution in [3.8, 4) is 5.75 Å². The van der Waals surface area contributed by atoms with Gasteiger partial charge < -0.3 is 25.4 Å². The highest BCUT2D eigenvalue weighted by Crippen LogP contribution is 2.14. The van der Waals surface area contributed by atoms with Gasteiger partial charge in [-0.05, 0) is 31.2 Å². The lowest BCUT2D eigenvalue weighted by molar-refractivity contribution is -0.103. The molecule has 3 atom stereocenters. The van der Waals surface area contributed by atoms with E-state index in [-0.39, 0.29) is 25.4 Å². The standard InChI is InChI=1S/C15H24N2O4/c1-11-6-17(8-15(9-18)21-11)7-13(19)10-20-14-4-2-12(16)3-5-14/h2-5,11,13,15,18-19H,6-10,16H2,1H3. The van der Waals surface area contributed by atoms with Gasteiger partial charge in [0, 0.05) is 25.3 Å². The number of nitrogen functional groups attached to an aromatic ring is 1. The Kier molecular flexibility index (Phi) is 5.81. The molecule has 1 heterocycles. The number of β-amino-alcohol motifs (C(OH)–C–C–N with tert-alkyl or cyclic N) is 1. The Morgan fingerprint density at radius 2 is 2.10 bits per heavy atom. The summed E-state index contributed by atoms with van der Waals surface area (Å²) in [6.45, 7) is 4.05. The Morgan fingerprint density at radius 1 is 1.38 bits per heavy atom. The zero-order valence-electron chi connectivity index (χ0n) is 12.3. The van der Waals surface area contributed by atoms with E-state index in [0.29, 0.717) is 24.5 Å². The van der Waals surface area contributed by atoms with E-state index in [1.165, 1.54) is 0 Å². The van der Waals surface area contributed by atoms with Crippen molar-refractivity contribution in [1.29, 1.82) is 0 Å². The summed E-state index contributed by atoms with van der Waals surface area (Å²) in [5.74, 6) is 0.687. The second kappa shape index (κ2) is 7.61. The molecule has 0 aliphatic carbocycles. The van der Waals surface area contributed by atoms with Crippen LogP contribution in [0.25, 0.3) is 0 Å². The Morgan fingerprint density at radius 3 is 2.76 bits per heavy atom. The average Bonchev–Trinajstić information content (AvgIpc) is 2.46. The predicted octanol–water partition coefficient (Wildman–Crippen LogP) is 0.0901. The summed E-state index contributed by atoms with van der Waals surface area (Å²) >= 11 is 0. The summed E-state index contributed by atoms with van der Waals surface area (Å²) in [5, 5.41) is 19.3. The molecule has 1 aromatic carbocycles. The lowest BCUT2D eigenvalue weighted by Gasteiger charge is -2.36. The summed E-state index contributed by atoms with van der Waals surface area (Å²) < 4.78 is 11.1. The van der Waals surface area contributed by atoms with Crippen LogP contribution in [0, 0.1) is 0 Å². The van der Waals surface area contributed by atoms with Gasteiger partial charge in [0.05, 0.1) is 18.8 Å². The van der Waals surface area contributed by atoms with Crippen molar-refractivity contribution >= 4 is 5.69 Å². The maximum absolute atomic E-state index is 10.1. The Labute approximate surface area is 125 Å². The maximum Gasteiger partial charge on any atom is 0.119 e. The number of nitrogens with two attached hydrogens (primary N) is 1. The minimum Gasteiger partial charge on any atom is -0.491 e. The van der Waals surface area contributed by atoms with Gasteiger partial charge in [0.15, 0.2) is 0 Å². The lowest BCUT2D eigenvalue weighted by Crippen LogP contribution is -2.50. The number of ether oxygens (including phenoxy) is 2. The molecule has 6 nitrogen and oxygen atoms in total. The molecular formula is C15H24N2O4. The number of nitrogens with zero attached hydrogens (tertiary/aromatic N) is 1. The van der Waals surface area contributed by atoms with E-state index < -0.39 is 6.10 Å². The van der Waals surface area contributed by atoms with Crippen molar-refractivity contribution in [1.82, 2.24) is 4.90 Å². The summed E-state index contributed by atoms with van der Waals surface area (Å²) in [5.41, 5.74) is 6.28. The van der Waals surface area contributed by atoms with Gasteiger partial charge in [-0.1, -0.05) is 0 Å². The van der Waals surface area contributed by atoms with Crippen LogP contribution in [0.3, 0.4) is 0 Å². The maximum atomic E-state index is 10.1. The van der Waals surface area contributed by atoms with Gasteiger partial charge in [0.1, 0.15) is 18.5 Å². The van der Waals surface area contributed by atoms with E-state index in [1.807, 2.05) is 6.92 Å². The van der Waals surface area contributed by atoms with Crippen LogP contribution in [-0.4, -0.2) is 66.3 Å². The third kappa shape index (κ3) is 5.17. The fourth-order valence-electron chi connectivity index (χ4n) is 2.50. The fourth-order valence-corrected chi connectivity index (χ4v) is 2.50. The SMILES string of the molecule is CC1CN(CC(O)COc2ccc(N)cc2)CC(CO)O1. The molecule has 0 amide bonds. The second-order valence-corrected chi connectivity index (χ2v) is 5.50. The molecule has 21 heavy (non-hydrogen) atoms. The molecule has 0 bridgehead atoms. The van der Waals surface area contributed by atoms with Crippen molar-refractivity contribution in [3.63, 3.8) is 0 Å². The smallest absolute Gasteiger partial charge is 0.119 e. The molecule has 2 rings (SSSR count). The Balaban J connectivity index is 1.75. The minimum absolute atomic E-state index is 0.00112. The summed E-state index contributed by atoms with van der Waals surface area (Å²) in [6, 6.07) is 7.08. The fraction of sp³-hybridized carbons (Fsp3) is 0.600. The van der Waals surface area contributed by atoms with Gasteiger partial charge in [-0.25, -0.2) is 0 Å². The van der Waals surface area contributed by atoms with Crippen molar-refractivity contribution in [2.24, 2.45) is 0 Å². The molecule has 0 spiro atoms. The highest BCUT2D eigenvalue weighted by molar-refractivity contribution is 5.41. The van der Waals surface area contributed by atoms with Gasteiger partial charge in [-0.2, -0.15) is 0 Å². The number of rotatable bonds is 6. The molecule has 1 aromatic rings. The first-order valence-electron chi connectivity index (χ1n) is 7.22. The van der Waals surface area contributed by atoms with E-state index in [4.69, 9.17) is 15.2 Å². The van der Waals surface area contributed by atoms with Gasteiger partial charge >= 0.3 is 0 Å². The first-order valence-corrected chi connectivity index (χ1v) is 7.22. The van der Waals surface area contributed by atoms with E-state index in [2.05, 4.69) is 4.90 Å². The molecule has 4 N–H and O–H groups in total. The molecule has 0 aromatic heterocycles. The van der Waals surface area contributed by atoms with Crippen molar-refractivity contribution in [3.05, 3.63) is 24.3 Å². The van der Waals surface area contributed by atoms with E-state index in [9.17, 15) is 10.2 Å². The van der Waals surface area contributed by atoms with Crippen molar-refractivity contribution in [2.45, 2.75) is 25.2 Å². The quantitative estimate of drug-likeness (QED) is 0.645. The number of benzene rings is 1. The molecule has 0 radical (unpaired) electrons. The zero-order chi connectivity index (χ0) is 15.2. The lowest BCUT2D eigenvalue weighted by atomic mass is 10.2. The molecule has 1 fully saturated rings. The number of hydrogen-bond acceptors (Lipinski definition) is 6. The third-order valence-electron chi connectivity index (χ3n) is 3.40. The third-order valence-corrected chi connectivity index (χ3v) is 3.40. The van der Waals surface area contributed by atoms with Gasteiger partial charge in [-0.15, -0.1) is 0 Å². The normalized spacial score (nSPS) is 24.7. The van der Waals surface area contributed by atoms with Crippen LogP contribution in [-0.2, 0) is 4.74 Å². The van der Waals surface area contributed by atoms with Gasteiger partial charge in [0.25, 0.3) is 0 Å². The first-order chi connectivity index (χ1) is 10.1. The van der Waals surface area contributed by atoms with E-state index in [0.717, 1.165) is 6.54 Å². The van der Waals surface area contributed by atoms with Crippen LogP contribution in [0.4, 0.5) is 5.69 Å². The van der Waals surface area contributed by atoms with E-state index >= 15 is 0 Å². The molecule has 3 unspecified atom stereocenters.